The maximum Gasteiger partial charge on any atom is 0.178 e. The third-order valence-corrected chi connectivity index (χ3v) is 1.84. The Morgan fingerprint density at radius 1 is 1.58 bits per heavy atom. The fourth-order valence-electron chi connectivity index (χ4n) is 0.998. The molecule has 0 saturated heterocycles. The van der Waals surface area contributed by atoms with Crippen molar-refractivity contribution in [3.8, 4) is 0 Å². The van der Waals surface area contributed by atoms with E-state index in [2.05, 4.69) is 4.98 Å². The number of hydrogen-bond acceptors (Lipinski definition) is 2. The Labute approximate surface area is 76.6 Å². The van der Waals surface area contributed by atoms with Crippen molar-refractivity contribution in [3.05, 3.63) is 29.1 Å². The highest BCUT2D eigenvalue weighted by Crippen LogP contribution is 2.08. The molecule has 1 aromatic rings. The fourth-order valence-corrected chi connectivity index (χ4v) is 1.15. The lowest BCUT2D eigenvalue weighted by Gasteiger charge is -2.00. The number of ketones is 1. The molecule has 0 N–H and O–H groups in total. The van der Waals surface area contributed by atoms with Crippen molar-refractivity contribution in [2.45, 2.75) is 19.7 Å². The van der Waals surface area contributed by atoms with Gasteiger partial charge in [0.15, 0.2) is 5.78 Å². The van der Waals surface area contributed by atoms with Gasteiger partial charge in [0, 0.05) is 18.5 Å². The highest BCUT2D eigenvalue weighted by molar-refractivity contribution is 6.17. The second-order valence-corrected chi connectivity index (χ2v) is 2.96. The van der Waals surface area contributed by atoms with E-state index in [1.165, 1.54) is 6.92 Å². The SMILES string of the molecule is CC(=O)c1cc(CCl)cc(C)n1. The number of halogens is 1. The molecule has 0 aliphatic rings. The first-order chi connectivity index (χ1) is 5.63. The summed E-state index contributed by atoms with van der Waals surface area (Å²) in [5.74, 6) is 0.397. The first-order valence-corrected chi connectivity index (χ1v) is 4.21. The second kappa shape index (κ2) is 3.68. The number of nitrogens with zero attached hydrogens (tertiary/aromatic N) is 1. The second-order valence-electron chi connectivity index (χ2n) is 2.69. The standard InChI is InChI=1S/C9H10ClNO/c1-6-3-8(5-10)4-9(11-6)7(2)12/h3-4H,5H2,1-2H3. The summed E-state index contributed by atoms with van der Waals surface area (Å²) in [4.78, 5) is 15.0. The first kappa shape index (κ1) is 9.20. The van der Waals surface area contributed by atoms with E-state index < -0.39 is 0 Å². The summed E-state index contributed by atoms with van der Waals surface area (Å²) in [7, 11) is 0. The van der Waals surface area contributed by atoms with E-state index in [-0.39, 0.29) is 5.78 Å². The number of carbonyl (C=O) groups excluding carboxylic acids is 1. The molecule has 0 aromatic carbocycles. The topological polar surface area (TPSA) is 30.0 Å². The van der Waals surface area contributed by atoms with Crippen molar-refractivity contribution in [1.82, 2.24) is 4.98 Å². The molecule has 0 unspecified atom stereocenters. The van der Waals surface area contributed by atoms with Crippen LogP contribution in [0.25, 0.3) is 0 Å². The maximum absolute atomic E-state index is 11.0. The van der Waals surface area contributed by atoms with Crippen molar-refractivity contribution < 1.29 is 4.79 Å². The Kier molecular flexibility index (Phi) is 2.82. The van der Waals surface area contributed by atoms with Gasteiger partial charge in [0.05, 0.1) is 0 Å². The van der Waals surface area contributed by atoms with E-state index >= 15 is 0 Å². The van der Waals surface area contributed by atoms with Crippen LogP contribution in [0.1, 0.15) is 28.7 Å². The van der Waals surface area contributed by atoms with Gasteiger partial charge in [0.25, 0.3) is 0 Å². The Balaban J connectivity index is 3.15. The minimum atomic E-state index is -0.0231. The molecule has 12 heavy (non-hydrogen) atoms. The van der Waals surface area contributed by atoms with Gasteiger partial charge in [-0.25, -0.2) is 0 Å². The quantitative estimate of drug-likeness (QED) is 0.521. The third kappa shape index (κ3) is 2.05. The van der Waals surface area contributed by atoms with Crippen LogP contribution < -0.4 is 0 Å². The molecule has 64 valence electrons. The molecule has 0 aliphatic heterocycles. The molecule has 2 nitrogen and oxygen atoms in total. The average Bonchev–Trinajstić information content (AvgIpc) is 2.03. The van der Waals surface area contributed by atoms with E-state index in [1.807, 2.05) is 13.0 Å². The highest BCUT2D eigenvalue weighted by Gasteiger charge is 2.03. The molecule has 1 rings (SSSR count). The van der Waals surface area contributed by atoms with Crippen molar-refractivity contribution in [3.63, 3.8) is 0 Å². The van der Waals surface area contributed by atoms with Crippen molar-refractivity contribution in [2.24, 2.45) is 0 Å². The molecule has 0 spiro atoms. The normalized spacial score (nSPS) is 9.92. The number of aryl methyl sites for hydroxylation is 1. The molecule has 0 saturated carbocycles. The predicted octanol–water partition coefficient (Wildman–Crippen LogP) is 2.33. The number of alkyl halides is 1. The number of Topliss-reactive ketones (excluding diaryl/α,β-unsaturated/α-hetero) is 1. The highest BCUT2D eigenvalue weighted by atomic mass is 35.5. The van der Waals surface area contributed by atoms with Gasteiger partial charge in [-0.05, 0) is 24.6 Å². The van der Waals surface area contributed by atoms with Gasteiger partial charge < -0.3 is 0 Å². The number of carbonyl (C=O) groups is 1. The molecule has 0 fully saturated rings. The third-order valence-electron chi connectivity index (χ3n) is 1.53. The van der Waals surface area contributed by atoms with Crippen LogP contribution in [-0.2, 0) is 5.88 Å². The molecular weight excluding hydrogens is 174 g/mol. The van der Waals surface area contributed by atoms with E-state index in [4.69, 9.17) is 11.6 Å². The Hall–Kier alpha value is -0.890. The molecule has 0 atom stereocenters. The largest absolute Gasteiger partial charge is 0.293 e. The Bertz CT molecular complexity index is 309. The summed E-state index contributed by atoms with van der Waals surface area (Å²) in [6, 6.07) is 3.60. The molecular formula is C9H10ClNO. The van der Waals surface area contributed by atoms with Crippen LogP contribution in [0, 0.1) is 6.92 Å². The Morgan fingerprint density at radius 2 is 2.25 bits per heavy atom. The van der Waals surface area contributed by atoms with Gasteiger partial charge in [0.1, 0.15) is 5.69 Å². The lowest BCUT2D eigenvalue weighted by molar-refractivity contribution is 0.101. The molecule has 0 radical (unpaired) electrons. The summed E-state index contributed by atoms with van der Waals surface area (Å²) in [5, 5.41) is 0. The summed E-state index contributed by atoms with van der Waals surface area (Å²) in [6.07, 6.45) is 0. The minimum absolute atomic E-state index is 0.0231. The van der Waals surface area contributed by atoms with Crippen LogP contribution in [0.15, 0.2) is 12.1 Å². The van der Waals surface area contributed by atoms with Crippen molar-refractivity contribution in [1.29, 1.82) is 0 Å². The van der Waals surface area contributed by atoms with Crippen LogP contribution in [0.3, 0.4) is 0 Å². The van der Waals surface area contributed by atoms with Crippen LogP contribution >= 0.6 is 11.6 Å². The summed E-state index contributed by atoms with van der Waals surface area (Å²) >= 11 is 5.64. The molecule has 1 aromatic heterocycles. The monoisotopic (exact) mass is 183 g/mol. The Morgan fingerprint density at radius 3 is 2.75 bits per heavy atom. The molecule has 1 heterocycles. The van der Waals surface area contributed by atoms with Crippen LogP contribution in [0.5, 0.6) is 0 Å². The van der Waals surface area contributed by atoms with E-state index in [1.54, 1.807) is 6.07 Å². The zero-order valence-corrected chi connectivity index (χ0v) is 7.85. The zero-order valence-electron chi connectivity index (χ0n) is 7.10. The van der Waals surface area contributed by atoms with Gasteiger partial charge >= 0.3 is 0 Å². The van der Waals surface area contributed by atoms with E-state index in [0.29, 0.717) is 11.6 Å². The van der Waals surface area contributed by atoms with Gasteiger partial charge in [-0.2, -0.15) is 0 Å². The number of aromatic nitrogens is 1. The number of rotatable bonds is 2. The lowest BCUT2D eigenvalue weighted by atomic mass is 10.2. The smallest absolute Gasteiger partial charge is 0.178 e. The number of pyridine rings is 1. The lowest BCUT2D eigenvalue weighted by Crippen LogP contribution is -1.99. The summed E-state index contributed by atoms with van der Waals surface area (Å²) in [6.45, 7) is 3.35. The summed E-state index contributed by atoms with van der Waals surface area (Å²) in [5.41, 5.74) is 2.26. The summed E-state index contributed by atoms with van der Waals surface area (Å²) < 4.78 is 0. The van der Waals surface area contributed by atoms with Crippen molar-refractivity contribution >= 4 is 17.4 Å². The molecule has 0 amide bonds. The van der Waals surface area contributed by atoms with E-state index in [0.717, 1.165) is 11.3 Å². The van der Waals surface area contributed by atoms with Crippen LogP contribution in [0.2, 0.25) is 0 Å². The molecule has 3 heteroatoms. The van der Waals surface area contributed by atoms with Gasteiger partial charge in [-0.1, -0.05) is 0 Å². The average molecular weight is 184 g/mol. The zero-order chi connectivity index (χ0) is 9.14. The fraction of sp³-hybridized carbons (Fsp3) is 0.333. The molecule has 0 aliphatic carbocycles. The van der Waals surface area contributed by atoms with Gasteiger partial charge in [-0.15, -0.1) is 11.6 Å². The van der Waals surface area contributed by atoms with Crippen molar-refractivity contribution in [2.75, 3.05) is 0 Å². The first-order valence-electron chi connectivity index (χ1n) is 3.68. The minimum Gasteiger partial charge on any atom is -0.293 e. The van der Waals surface area contributed by atoms with Gasteiger partial charge in [0.2, 0.25) is 0 Å². The number of hydrogen-bond donors (Lipinski definition) is 0. The molecule has 0 bridgehead atoms. The predicted molar refractivity (Wildman–Crippen MR) is 48.5 cm³/mol. The van der Waals surface area contributed by atoms with Crippen LogP contribution in [0.4, 0.5) is 0 Å². The van der Waals surface area contributed by atoms with Crippen LogP contribution in [-0.4, -0.2) is 10.8 Å². The maximum atomic E-state index is 11.0. The van der Waals surface area contributed by atoms with E-state index in [9.17, 15) is 4.79 Å². The van der Waals surface area contributed by atoms with Gasteiger partial charge in [-0.3, -0.25) is 9.78 Å².